The van der Waals surface area contributed by atoms with Crippen molar-refractivity contribution in [1.82, 2.24) is 0 Å². The molecule has 0 aromatic rings. The van der Waals surface area contributed by atoms with Crippen molar-refractivity contribution in [3.05, 3.63) is 12.2 Å². The van der Waals surface area contributed by atoms with Gasteiger partial charge in [-0.15, -0.1) is 0 Å². The van der Waals surface area contributed by atoms with Crippen LogP contribution in [0.25, 0.3) is 0 Å². The summed E-state index contributed by atoms with van der Waals surface area (Å²) in [5.74, 6) is 0.328. The van der Waals surface area contributed by atoms with Crippen LogP contribution in [0, 0.1) is 5.92 Å². The Morgan fingerprint density at radius 2 is 1.37 bits per heavy atom. The third-order valence-electron chi connectivity index (χ3n) is 4.02. The molecule has 1 aliphatic carbocycles. The van der Waals surface area contributed by atoms with Crippen LogP contribution in [0.2, 0.25) is 0 Å². The molecule has 0 aromatic carbocycles. The Labute approximate surface area is 118 Å². The Kier molecular flexibility index (Phi) is 8.61. The van der Waals surface area contributed by atoms with E-state index in [1.54, 1.807) is 6.92 Å². The van der Waals surface area contributed by atoms with E-state index in [0.29, 0.717) is 18.1 Å². The maximum absolute atomic E-state index is 11.4. The van der Waals surface area contributed by atoms with Crippen LogP contribution in [0.5, 0.6) is 0 Å². The van der Waals surface area contributed by atoms with Gasteiger partial charge >= 0.3 is 5.97 Å². The molecule has 0 aromatic heterocycles. The molecule has 0 atom stereocenters. The third-order valence-corrected chi connectivity index (χ3v) is 4.02. The molecule has 0 N–H and O–H groups in total. The lowest BCUT2D eigenvalue weighted by atomic mass is 9.93. The van der Waals surface area contributed by atoms with Gasteiger partial charge in [-0.25, -0.2) is 4.79 Å². The van der Waals surface area contributed by atoms with E-state index in [-0.39, 0.29) is 5.97 Å². The zero-order chi connectivity index (χ0) is 13.9. The molecule has 110 valence electrons. The second-order valence-electron chi connectivity index (χ2n) is 6.00. The summed E-state index contributed by atoms with van der Waals surface area (Å²) >= 11 is 0. The van der Waals surface area contributed by atoms with Crippen molar-refractivity contribution in [2.45, 2.75) is 77.6 Å². The summed E-state index contributed by atoms with van der Waals surface area (Å²) in [4.78, 5) is 11.4. The van der Waals surface area contributed by atoms with Crippen LogP contribution in [0.15, 0.2) is 12.2 Å². The van der Waals surface area contributed by atoms with Crippen LogP contribution < -0.4 is 0 Å². The van der Waals surface area contributed by atoms with E-state index in [1.165, 1.54) is 70.6 Å². The standard InChI is InChI=1S/C17H30O2/c1-15(2)17(18)19-14-16-12-10-8-6-4-3-5-7-9-11-13-16/h16H,1,3-14H2,2H3. The van der Waals surface area contributed by atoms with Crippen molar-refractivity contribution < 1.29 is 9.53 Å². The summed E-state index contributed by atoms with van der Waals surface area (Å²) in [6, 6.07) is 0. The minimum atomic E-state index is -0.230. The molecular formula is C17H30O2. The molecule has 2 nitrogen and oxygen atoms in total. The Bertz CT molecular complexity index is 258. The first-order chi connectivity index (χ1) is 9.20. The molecule has 0 unspecified atom stereocenters. The molecule has 1 aliphatic rings. The largest absolute Gasteiger partial charge is 0.462 e. The van der Waals surface area contributed by atoms with Gasteiger partial charge in [0.15, 0.2) is 0 Å². The van der Waals surface area contributed by atoms with Crippen molar-refractivity contribution >= 4 is 5.97 Å². The average molecular weight is 266 g/mol. The van der Waals surface area contributed by atoms with Gasteiger partial charge in [0.05, 0.1) is 6.61 Å². The normalized spacial score (nSPS) is 20.1. The van der Waals surface area contributed by atoms with Crippen LogP contribution in [0.4, 0.5) is 0 Å². The third kappa shape index (κ3) is 8.07. The van der Waals surface area contributed by atoms with Gasteiger partial charge in [-0.1, -0.05) is 64.4 Å². The van der Waals surface area contributed by atoms with Gasteiger partial charge in [-0.3, -0.25) is 0 Å². The fourth-order valence-electron chi connectivity index (χ4n) is 2.73. The van der Waals surface area contributed by atoms with Crippen LogP contribution in [-0.2, 0) is 9.53 Å². The fourth-order valence-corrected chi connectivity index (χ4v) is 2.73. The first kappa shape index (κ1) is 16.3. The van der Waals surface area contributed by atoms with Crippen LogP contribution in [-0.4, -0.2) is 12.6 Å². The molecule has 0 bridgehead atoms. The number of hydrogen-bond acceptors (Lipinski definition) is 2. The molecule has 1 rings (SSSR count). The predicted octanol–water partition coefficient (Wildman–Crippen LogP) is 5.03. The molecule has 19 heavy (non-hydrogen) atoms. The second-order valence-corrected chi connectivity index (χ2v) is 6.00. The minimum Gasteiger partial charge on any atom is -0.462 e. The summed E-state index contributed by atoms with van der Waals surface area (Å²) in [7, 11) is 0. The van der Waals surface area contributed by atoms with Gasteiger partial charge in [0.25, 0.3) is 0 Å². The molecule has 0 heterocycles. The van der Waals surface area contributed by atoms with E-state index in [4.69, 9.17) is 4.74 Å². The highest BCUT2D eigenvalue weighted by atomic mass is 16.5. The summed E-state index contributed by atoms with van der Waals surface area (Å²) in [6.45, 7) is 5.93. The van der Waals surface area contributed by atoms with Gasteiger partial charge in [0.2, 0.25) is 0 Å². The van der Waals surface area contributed by atoms with Crippen molar-refractivity contribution in [3.63, 3.8) is 0 Å². The molecule has 0 aliphatic heterocycles. The van der Waals surface area contributed by atoms with E-state index >= 15 is 0 Å². The molecule has 0 saturated heterocycles. The van der Waals surface area contributed by atoms with Crippen LogP contribution in [0.3, 0.4) is 0 Å². The second kappa shape index (κ2) is 10.1. The van der Waals surface area contributed by atoms with E-state index in [0.717, 1.165) is 0 Å². The monoisotopic (exact) mass is 266 g/mol. The fraction of sp³-hybridized carbons (Fsp3) is 0.824. The van der Waals surface area contributed by atoms with E-state index < -0.39 is 0 Å². The Morgan fingerprint density at radius 1 is 0.947 bits per heavy atom. The zero-order valence-electron chi connectivity index (χ0n) is 12.6. The van der Waals surface area contributed by atoms with E-state index in [1.807, 2.05) is 0 Å². The lowest BCUT2D eigenvalue weighted by Crippen LogP contribution is -2.15. The number of rotatable bonds is 3. The van der Waals surface area contributed by atoms with Gasteiger partial charge in [0, 0.05) is 5.57 Å². The molecule has 2 heteroatoms. The maximum Gasteiger partial charge on any atom is 0.333 e. The quantitative estimate of drug-likeness (QED) is 0.529. The highest BCUT2D eigenvalue weighted by molar-refractivity contribution is 5.86. The number of carbonyl (C=O) groups excluding carboxylic acids is 1. The average Bonchev–Trinajstić information content (AvgIpc) is 2.37. The summed E-state index contributed by atoms with van der Waals surface area (Å²) in [6.07, 6.45) is 14.6. The number of esters is 1. The van der Waals surface area contributed by atoms with Crippen molar-refractivity contribution in [1.29, 1.82) is 0 Å². The van der Waals surface area contributed by atoms with Crippen LogP contribution >= 0.6 is 0 Å². The Balaban J connectivity index is 2.30. The van der Waals surface area contributed by atoms with Gasteiger partial charge in [0.1, 0.15) is 0 Å². The highest BCUT2D eigenvalue weighted by Gasteiger charge is 2.12. The smallest absolute Gasteiger partial charge is 0.333 e. The topological polar surface area (TPSA) is 26.3 Å². The van der Waals surface area contributed by atoms with Crippen molar-refractivity contribution in [3.8, 4) is 0 Å². The van der Waals surface area contributed by atoms with Gasteiger partial charge < -0.3 is 4.74 Å². The molecule has 0 spiro atoms. The molecular weight excluding hydrogens is 236 g/mol. The molecule has 0 amide bonds. The van der Waals surface area contributed by atoms with Gasteiger partial charge in [-0.05, 0) is 25.7 Å². The highest BCUT2D eigenvalue weighted by Crippen LogP contribution is 2.21. The zero-order valence-corrected chi connectivity index (χ0v) is 12.6. The molecule has 1 fully saturated rings. The summed E-state index contributed by atoms with van der Waals surface area (Å²) in [5, 5.41) is 0. The van der Waals surface area contributed by atoms with Crippen molar-refractivity contribution in [2.24, 2.45) is 5.92 Å². The Morgan fingerprint density at radius 3 is 1.79 bits per heavy atom. The number of hydrogen-bond donors (Lipinski definition) is 0. The number of ether oxygens (including phenoxy) is 1. The SMILES string of the molecule is C=C(C)C(=O)OCC1CCCCCCCCCCC1. The first-order valence-corrected chi connectivity index (χ1v) is 8.03. The number of carbonyl (C=O) groups is 1. The first-order valence-electron chi connectivity index (χ1n) is 8.03. The minimum absolute atomic E-state index is 0.230. The summed E-state index contributed by atoms with van der Waals surface area (Å²) < 4.78 is 5.33. The lowest BCUT2D eigenvalue weighted by molar-refractivity contribution is -0.140. The van der Waals surface area contributed by atoms with E-state index in [2.05, 4.69) is 6.58 Å². The van der Waals surface area contributed by atoms with Crippen molar-refractivity contribution in [2.75, 3.05) is 6.61 Å². The molecule has 0 radical (unpaired) electrons. The Hall–Kier alpha value is -0.790. The van der Waals surface area contributed by atoms with Crippen LogP contribution in [0.1, 0.15) is 77.6 Å². The maximum atomic E-state index is 11.4. The molecule has 1 saturated carbocycles. The van der Waals surface area contributed by atoms with Gasteiger partial charge in [-0.2, -0.15) is 0 Å². The summed E-state index contributed by atoms with van der Waals surface area (Å²) in [5.41, 5.74) is 0.508. The van der Waals surface area contributed by atoms with E-state index in [9.17, 15) is 4.79 Å². The lowest BCUT2D eigenvalue weighted by Gasteiger charge is -2.17. The predicted molar refractivity (Wildman–Crippen MR) is 80.1 cm³/mol.